The fourth-order valence-corrected chi connectivity index (χ4v) is 4.92. The summed E-state index contributed by atoms with van der Waals surface area (Å²) in [6.45, 7) is 12.1. The summed E-state index contributed by atoms with van der Waals surface area (Å²) < 4.78 is 9.87. The Labute approximate surface area is 235 Å². The number of nitrogens with zero attached hydrogens (tertiary/aromatic N) is 4. The van der Waals surface area contributed by atoms with Crippen LogP contribution in [0.3, 0.4) is 0 Å². The van der Waals surface area contributed by atoms with E-state index in [9.17, 15) is 28.8 Å². The molecule has 2 fully saturated rings. The van der Waals surface area contributed by atoms with Crippen LogP contribution in [0.2, 0.25) is 0 Å². The number of carbonyl (C=O) groups excluding carboxylic acids is 6. The number of hydrogen-bond acceptors (Lipinski definition) is 8. The van der Waals surface area contributed by atoms with E-state index in [-0.39, 0.29) is 76.9 Å². The number of imide groups is 2. The number of carbonyl (C=O) groups is 6. The van der Waals surface area contributed by atoms with Gasteiger partial charge >= 0.3 is 24.0 Å². The molecule has 12 nitrogen and oxygen atoms in total. The van der Waals surface area contributed by atoms with Crippen molar-refractivity contribution in [1.82, 2.24) is 19.6 Å². The SMILES string of the molecule is C=CCN1C(=O)N(CCCCCCN2C(=O)C(CCC(=O)OCC)N(CC=C)C2=O)C(=O)C1CCC(=O)OCC. The highest BCUT2D eigenvalue weighted by atomic mass is 16.5. The highest BCUT2D eigenvalue weighted by Gasteiger charge is 2.45. The fourth-order valence-electron chi connectivity index (χ4n) is 4.92. The largest absolute Gasteiger partial charge is 0.466 e. The lowest BCUT2D eigenvalue weighted by Crippen LogP contribution is -2.35. The van der Waals surface area contributed by atoms with Crippen LogP contribution in [0.15, 0.2) is 25.3 Å². The van der Waals surface area contributed by atoms with Crippen molar-refractivity contribution in [3.8, 4) is 0 Å². The molecule has 0 aromatic rings. The molecule has 222 valence electrons. The van der Waals surface area contributed by atoms with Gasteiger partial charge in [-0.05, 0) is 39.5 Å². The Morgan fingerprint density at radius 3 is 1.40 bits per heavy atom. The van der Waals surface area contributed by atoms with E-state index in [0.29, 0.717) is 25.7 Å². The van der Waals surface area contributed by atoms with Crippen LogP contribution in [0.1, 0.15) is 65.2 Å². The summed E-state index contributed by atoms with van der Waals surface area (Å²) in [5, 5.41) is 0. The molecule has 2 atom stereocenters. The summed E-state index contributed by atoms with van der Waals surface area (Å²) in [7, 11) is 0. The highest BCUT2D eigenvalue weighted by Crippen LogP contribution is 2.24. The summed E-state index contributed by atoms with van der Waals surface area (Å²) in [5.41, 5.74) is 0. The molecule has 2 aliphatic heterocycles. The lowest BCUT2D eigenvalue weighted by Gasteiger charge is -2.19. The van der Waals surface area contributed by atoms with Crippen LogP contribution in [0.4, 0.5) is 9.59 Å². The minimum absolute atomic E-state index is 0.0425. The topological polar surface area (TPSA) is 134 Å². The average Bonchev–Trinajstić information content (AvgIpc) is 3.27. The number of hydrogen-bond donors (Lipinski definition) is 0. The quantitative estimate of drug-likeness (QED) is 0.102. The van der Waals surface area contributed by atoms with Gasteiger partial charge in [0, 0.05) is 39.0 Å². The minimum atomic E-state index is -0.725. The summed E-state index contributed by atoms with van der Waals surface area (Å²) >= 11 is 0. The molecule has 0 N–H and O–H groups in total. The zero-order valence-corrected chi connectivity index (χ0v) is 23.7. The van der Waals surface area contributed by atoms with Crippen molar-refractivity contribution in [3.05, 3.63) is 25.3 Å². The van der Waals surface area contributed by atoms with Crippen LogP contribution in [-0.4, -0.2) is 107 Å². The van der Waals surface area contributed by atoms with Crippen molar-refractivity contribution >= 4 is 35.8 Å². The van der Waals surface area contributed by atoms with E-state index in [1.54, 1.807) is 26.0 Å². The predicted octanol–water partition coefficient (Wildman–Crippen LogP) is 2.87. The fraction of sp³-hybridized carbons (Fsp3) is 0.643. The predicted molar refractivity (Wildman–Crippen MR) is 146 cm³/mol. The average molecular weight is 563 g/mol. The van der Waals surface area contributed by atoms with Crippen LogP contribution in [0.5, 0.6) is 0 Å². The molecule has 2 aliphatic rings. The van der Waals surface area contributed by atoms with Gasteiger partial charge in [-0.2, -0.15) is 0 Å². The third-order valence-electron chi connectivity index (χ3n) is 6.83. The van der Waals surface area contributed by atoms with Crippen LogP contribution in [0.25, 0.3) is 0 Å². The molecule has 40 heavy (non-hydrogen) atoms. The van der Waals surface area contributed by atoms with E-state index in [4.69, 9.17) is 9.47 Å². The summed E-state index contributed by atoms with van der Waals surface area (Å²) in [6.07, 6.45) is 6.06. The first-order valence-corrected chi connectivity index (χ1v) is 14.0. The number of ether oxygens (including phenoxy) is 2. The molecule has 2 heterocycles. The normalized spacial score (nSPS) is 19.1. The lowest BCUT2D eigenvalue weighted by molar-refractivity contribution is -0.144. The number of unbranched alkanes of at least 4 members (excludes halogenated alkanes) is 3. The summed E-state index contributed by atoms with van der Waals surface area (Å²) in [6, 6.07) is -2.25. The molecule has 0 saturated carbocycles. The van der Waals surface area contributed by atoms with Gasteiger partial charge in [-0.1, -0.05) is 25.0 Å². The zero-order valence-electron chi connectivity index (χ0n) is 23.7. The van der Waals surface area contributed by atoms with Gasteiger partial charge in [0.1, 0.15) is 12.1 Å². The van der Waals surface area contributed by atoms with Crippen LogP contribution >= 0.6 is 0 Å². The van der Waals surface area contributed by atoms with Crippen molar-refractivity contribution < 1.29 is 38.2 Å². The Morgan fingerprint density at radius 1 is 0.700 bits per heavy atom. The number of rotatable bonds is 19. The second kappa shape index (κ2) is 16.4. The summed E-state index contributed by atoms with van der Waals surface area (Å²) in [4.78, 5) is 80.4. The van der Waals surface area contributed by atoms with Gasteiger partial charge in [-0.3, -0.25) is 29.0 Å². The van der Waals surface area contributed by atoms with E-state index < -0.39 is 36.1 Å². The Morgan fingerprint density at radius 2 is 1.07 bits per heavy atom. The zero-order chi connectivity index (χ0) is 29.7. The first-order valence-electron chi connectivity index (χ1n) is 14.0. The van der Waals surface area contributed by atoms with Crippen molar-refractivity contribution in [2.75, 3.05) is 39.4 Å². The van der Waals surface area contributed by atoms with E-state index >= 15 is 0 Å². The van der Waals surface area contributed by atoms with Gasteiger partial charge in [0.05, 0.1) is 13.2 Å². The molecule has 2 unspecified atom stereocenters. The van der Waals surface area contributed by atoms with Crippen molar-refractivity contribution in [2.45, 2.75) is 77.3 Å². The molecule has 6 amide bonds. The highest BCUT2D eigenvalue weighted by molar-refractivity contribution is 6.05. The third kappa shape index (κ3) is 8.40. The van der Waals surface area contributed by atoms with Gasteiger partial charge < -0.3 is 19.3 Å². The minimum Gasteiger partial charge on any atom is -0.466 e. The first kappa shape index (κ1) is 32.5. The maximum absolute atomic E-state index is 12.9. The van der Waals surface area contributed by atoms with Crippen LogP contribution in [-0.2, 0) is 28.7 Å². The second-order valence-corrected chi connectivity index (χ2v) is 9.56. The lowest BCUT2D eigenvalue weighted by atomic mass is 10.1. The third-order valence-corrected chi connectivity index (χ3v) is 6.83. The van der Waals surface area contributed by atoms with Crippen LogP contribution < -0.4 is 0 Å². The second-order valence-electron chi connectivity index (χ2n) is 9.56. The van der Waals surface area contributed by atoms with Gasteiger partial charge in [-0.25, -0.2) is 9.59 Å². The molecular weight excluding hydrogens is 520 g/mol. The van der Waals surface area contributed by atoms with Gasteiger partial charge in [0.2, 0.25) is 0 Å². The Hall–Kier alpha value is -3.70. The molecular formula is C28H42N4O8. The monoisotopic (exact) mass is 562 g/mol. The van der Waals surface area contributed by atoms with Crippen molar-refractivity contribution in [1.29, 1.82) is 0 Å². The molecule has 0 aromatic carbocycles. The molecule has 0 spiro atoms. The maximum atomic E-state index is 12.9. The summed E-state index contributed by atoms with van der Waals surface area (Å²) in [5.74, 6) is -1.48. The van der Waals surface area contributed by atoms with E-state index in [0.717, 1.165) is 0 Å². The Kier molecular flexibility index (Phi) is 13.3. The number of urea groups is 2. The van der Waals surface area contributed by atoms with Crippen molar-refractivity contribution in [2.24, 2.45) is 0 Å². The van der Waals surface area contributed by atoms with Crippen LogP contribution in [0, 0.1) is 0 Å². The number of amides is 6. The number of esters is 2. The maximum Gasteiger partial charge on any atom is 0.327 e. The van der Waals surface area contributed by atoms with Gasteiger partial charge in [0.15, 0.2) is 0 Å². The standard InChI is InChI=1S/C28H42N4O8/c1-5-17-29-21(13-15-23(33)39-7-3)25(35)31(27(29)37)19-11-9-10-12-20-32-26(36)22(14-16-24(34)40-8-4)30(18-6-2)28(32)38/h5-6,21-22H,1-2,7-20H2,3-4H3. The smallest absolute Gasteiger partial charge is 0.327 e. The molecule has 0 radical (unpaired) electrons. The van der Waals surface area contributed by atoms with Crippen molar-refractivity contribution in [3.63, 3.8) is 0 Å². The molecule has 12 heteroatoms. The molecule has 0 aromatic heterocycles. The van der Waals surface area contributed by atoms with Gasteiger partial charge in [0.25, 0.3) is 11.8 Å². The Balaban J connectivity index is 1.83. The molecule has 0 aliphatic carbocycles. The molecule has 2 rings (SSSR count). The Bertz CT molecular complexity index is 892. The van der Waals surface area contributed by atoms with Gasteiger partial charge in [-0.15, -0.1) is 13.2 Å². The van der Waals surface area contributed by atoms with E-state index in [1.165, 1.54) is 19.6 Å². The first-order chi connectivity index (χ1) is 19.2. The molecule has 2 saturated heterocycles. The van der Waals surface area contributed by atoms with E-state index in [1.807, 2.05) is 0 Å². The van der Waals surface area contributed by atoms with E-state index in [2.05, 4.69) is 13.2 Å². The molecule has 0 bridgehead atoms.